The van der Waals surface area contributed by atoms with Gasteiger partial charge < -0.3 is 5.11 Å². The van der Waals surface area contributed by atoms with Crippen LogP contribution in [0.15, 0.2) is 36.7 Å². The number of aromatic nitrogens is 2. The fourth-order valence-electron chi connectivity index (χ4n) is 2.25. The Morgan fingerprint density at radius 1 is 1.39 bits per heavy atom. The Morgan fingerprint density at radius 3 is 2.78 bits per heavy atom. The van der Waals surface area contributed by atoms with E-state index in [4.69, 9.17) is 0 Å². The van der Waals surface area contributed by atoms with Gasteiger partial charge in [-0.2, -0.15) is 5.10 Å². The summed E-state index contributed by atoms with van der Waals surface area (Å²) in [6.45, 7) is -0.0274. The molecular weight excluding hydrogens is 321 g/mol. The lowest BCUT2D eigenvalue weighted by molar-refractivity contribution is 0.227. The molecule has 0 saturated carbocycles. The third kappa shape index (κ3) is 5.74. The Bertz CT molecular complexity index is 746. The summed E-state index contributed by atoms with van der Waals surface area (Å²) in [6.07, 6.45) is 4.03. The predicted molar refractivity (Wildman–Crippen MR) is 84.5 cm³/mol. The molecule has 1 aromatic heterocycles. The van der Waals surface area contributed by atoms with Gasteiger partial charge in [0.1, 0.15) is 5.82 Å². The number of halogens is 1. The number of benzene rings is 1. The van der Waals surface area contributed by atoms with E-state index >= 15 is 0 Å². The summed E-state index contributed by atoms with van der Waals surface area (Å²) in [6, 6.07) is 5.48. The van der Waals surface area contributed by atoms with Crippen LogP contribution in [-0.4, -0.2) is 36.5 Å². The van der Waals surface area contributed by atoms with E-state index in [2.05, 4.69) is 9.82 Å². The SMILES string of the molecule is Cn1cc(C[C@H](CO)CNS(=O)(=O)Cc2cccc(F)c2)cn1. The molecule has 1 atom stereocenters. The molecule has 126 valence electrons. The first-order chi connectivity index (χ1) is 10.9. The zero-order chi connectivity index (χ0) is 16.9. The largest absolute Gasteiger partial charge is 0.396 e. The van der Waals surface area contributed by atoms with Gasteiger partial charge in [0, 0.05) is 26.4 Å². The van der Waals surface area contributed by atoms with Gasteiger partial charge in [-0.05, 0) is 35.6 Å². The molecule has 2 N–H and O–H groups in total. The number of aliphatic hydroxyl groups excluding tert-OH is 1. The second-order valence-corrected chi connectivity index (χ2v) is 7.32. The Labute approximate surface area is 135 Å². The molecule has 0 bridgehead atoms. The van der Waals surface area contributed by atoms with Crippen LogP contribution in [0.25, 0.3) is 0 Å². The highest BCUT2D eigenvalue weighted by Gasteiger charge is 2.16. The van der Waals surface area contributed by atoms with Gasteiger partial charge in [-0.3, -0.25) is 4.68 Å². The normalized spacial score (nSPS) is 13.2. The average Bonchev–Trinajstić information content (AvgIpc) is 2.88. The molecule has 0 radical (unpaired) electrons. The van der Waals surface area contributed by atoms with Crippen LogP contribution < -0.4 is 4.72 Å². The lowest BCUT2D eigenvalue weighted by Crippen LogP contribution is -2.32. The first-order valence-corrected chi connectivity index (χ1v) is 8.83. The summed E-state index contributed by atoms with van der Waals surface area (Å²) in [5.41, 5.74) is 1.31. The van der Waals surface area contributed by atoms with Crippen molar-refractivity contribution in [3.63, 3.8) is 0 Å². The van der Waals surface area contributed by atoms with E-state index in [1.54, 1.807) is 24.0 Å². The van der Waals surface area contributed by atoms with Crippen LogP contribution in [0.3, 0.4) is 0 Å². The maximum absolute atomic E-state index is 13.1. The maximum atomic E-state index is 13.1. The molecule has 8 heteroatoms. The molecule has 0 amide bonds. The van der Waals surface area contributed by atoms with Gasteiger partial charge in [0.15, 0.2) is 0 Å². The number of hydrogen-bond donors (Lipinski definition) is 2. The summed E-state index contributed by atoms with van der Waals surface area (Å²) in [5.74, 6) is -1.01. The first-order valence-electron chi connectivity index (χ1n) is 7.18. The second-order valence-electron chi connectivity index (χ2n) is 5.51. The lowest BCUT2D eigenvalue weighted by atomic mass is 10.0. The Hall–Kier alpha value is -1.77. The van der Waals surface area contributed by atoms with Crippen molar-refractivity contribution >= 4 is 10.0 Å². The van der Waals surface area contributed by atoms with Gasteiger partial charge in [0.25, 0.3) is 0 Å². The zero-order valence-corrected chi connectivity index (χ0v) is 13.6. The van der Waals surface area contributed by atoms with E-state index in [1.165, 1.54) is 18.2 Å². The van der Waals surface area contributed by atoms with Crippen molar-refractivity contribution in [3.8, 4) is 0 Å². The van der Waals surface area contributed by atoms with Crippen molar-refractivity contribution in [2.75, 3.05) is 13.2 Å². The van der Waals surface area contributed by atoms with Crippen LogP contribution in [0.4, 0.5) is 4.39 Å². The van der Waals surface area contributed by atoms with E-state index in [0.717, 1.165) is 5.56 Å². The lowest BCUT2D eigenvalue weighted by Gasteiger charge is -2.14. The van der Waals surface area contributed by atoms with E-state index in [1.807, 2.05) is 6.20 Å². The number of nitrogens with one attached hydrogen (secondary N) is 1. The van der Waals surface area contributed by atoms with Crippen LogP contribution in [-0.2, 0) is 29.2 Å². The van der Waals surface area contributed by atoms with E-state index in [0.29, 0.717) is 12.0 Å². The number of aliphatic hydroxyl groups is 1. The van der Waals surface area contributed by atoms with E-state index in [9.17, 15) is 17.9 Å². The molecule has 6 nitrogen and oxygen atoms in total. The van der Waals surface area contributed by atoms with Gasteiger partial charge >= 0.3 is 0 Å². The topological polar surface area (TPSA) is 84.2 Å². The van der Waals surface area contributed by atoms with Gasteiger partial charge in [-0.25, -0.2) is 17.5 Å². The highest BCUT2D eigenvalue weighted by Crippen LogP contribution is 2.10. The van der Waals surface area contributed by atoms with Crippen molar-refractivity contribution < 1.29 is 17.9 Å². The summed E-state index contributed by atoms with van der Waals surface area (Å²) >= 11 is 0. The standard InChI is InChI=1S/C15H20FN3O3S/c1-19-9-13(7-17-19)5-14(10-20)8-18-23(21,22)11-12-3-2-4-15(16)6-12/h2-4,6-7,9,14,18,20H,5,8,10-11H2,1H3/t14-/m0/s1. The number of sulfonamides is 1. The Kier molecular flexibility index (Phi) is 5.86. The van der Waals surface area contributed by atoms with Gasteiger partial charge in [0.05, 0.1) is 11.9 Å². The molecule has 0 unspecified atom stereocenters. The van der Waals surface area contributed by atoms with Crippen LogP contribution in [0.2, 0.25) is 0 Å². The number of hydrogen-bond acceptors (Lipinski definition) is 4. The zero-order valence-electron chi connectivity index (χ0n) is 12.8. The number of rotatable bonds is 8. The van der Waals surface area contributed by atoms with Crippen molar-refractivity contribution in [2.24, 2.45) is 13.0 Å². The smallest absolute Gasteiger partial charge is 0.215 e. The fourth-order valence-corrected chi connectivity index (χ4v) is 3.46. The second kappa shape index (κ2) is 7.67. The molecule has 0 fully saturated rings. The molecule has 0 aliphatic carbocycles. The van der Waals surface area contributed by atoms with Crippen molar-refractivity contribution in [1.82, 2.24) is 14.5 Å². The number of nitrogens with zero attached hydrogens (tertiary/aromatic N) is 2. The molecule has 2 aromatic rings. The molecule has 0 aliphatic heterocycles. The van der Waals surface area contributed by atoms with Gasteiger partial charge in [-0.1, -0.05) is 12.1 Å². The van der Waals surface area contributed by atoms with Gasteiger partial charge in [0.2, 0.25) is 10.0 Å². The predicted octanol–water partition coefficient (Wildman–Crippen LogP) is 0.830. The van der Waals surface area contributed by atoms with Crippen molar-refractivity contribution in [2.45, 2.75) is 12.2 Å². The molecule has 0 spiro atoms. The third-order valence-electron chi connectivity index (χ3n) is 3.38. The van der Waals surface area contributed by atoms with Crippen LogP contribution in [0.5, 0.6) is 0 Å². The van der Waals surface area contributed by atoms with Gasteiger partial charge in [-0.15, -0.1) is 0 Å². The average molecular weight is 341 g/mol. The highest BCUT2D eigenvalue weighted by molar-refractivity contribution is 7.88. The third-order valence-corrected chi connectivity index (χ3v) is 4.70. The Morgan fingerprint density at radius 2 is 2.17 bits per heavy atom. The number of aryl methyl sites for hydroxylation is 1. The molecule has 0 saturated heterocycles. The summed E-state index contributed by atoms with van der Waals surface area (Å²) in [7, 11) is -1.80. The maximum Gasteiger partial charge on any atom is 0.215 e. The molecule has 2 rings (SSSR count). The molecule has 0 aliphatic rings. The fraction of sp³-hybridized carbons (Fsp3) is 0.400. The molecule has 1 heterocycles. The highest BCUT2D eigenvalue weighted by atomic mass is 32.2. The molecule has 23 heavy (non-hydrogen) atoms. The first kappa shape index (κ1) is 17.6. The van der Waals surface area contributed by atoms with E-state index < -0.39 is 15.8 Å². The minimum atomic E-state index is -3.59. The van der Waals surface area contributed by atoms with Crippen molar-refractivity contribution in [3.05, 3.63) is 53.6 Å². The van der Waals surface area contributed by atoms with Crippen LogP contribution in [0, 0.1) is 11.7 Å². The quantitative estimate of drug-likeness (QED) is 0.745. The van der Waals surface area contributed by atoms with Crippen LogP contribution >= 0.6 is 0 Å². The minimum Gasteiger partial charge on any atom is -0.396 e. The Balaban J connectivity index is 1.91. The van der Waals surface area contributed by atoms with Crippen molar-refractivity contribution in [1.29, 1.82) is 0 Å². The van der Waals surface area contributed by atoms with E-state index in [-0.39, 0.29) is 24.8 Å². The molecule has 1 aromatic carbocycles. The summed E-state index contributed by atoms with van der Waals surface area (Å²) in [5, 5.41) is 13.4. The summed E-state index contributed by atoms with van der Waals surface area (Å²) in [4.78, 5) is 0. The molecular formula is C15H20FN3O3S. The monoisotopic (exact) mass is 341 g/mol. The van der Waals surface area contributed by atoms with Crippen LogP contribution in [0.1, 0.15) is 11.1 Å². The summed E-state index contributed by atoms with van der Waals surface area (Å²) < 4.78 is 41.3. The minimum absolute atomic E-state index is 0.114.